The van der Waals surface area contributed by atoms with Crippen molar-refractivity contribution in [3.05, 3.63) is 64.4 Å². The zero-order chi connectivity index (χ0) is 21.0. The van der Waals surface area contributed by atoms with Crippen LogP contribution in [0.2, 0.25) is 5.02 Å². The van der Waals surface area contributed by atoms with Crippen LogP contribution in [0.3, 0.4) is 0 Å². The molecule has 2 N–H and O–H groups in total. The molecule has 0 bridgehead atoms. The SMILES string of the molecule is Cc1ccc(NC(=O)[C@@H](C)Sc2nnc(CNc3ccc(C)c(Cl)c3)n2C)cc1. The van der Waals surface area contributed by atoms with Gasteiger partial charge in [0.1, 0.15) is 0 Å². The number of nitrogens with one attached hydrogen (secondary N) is 2. The molecule has 6 nitrogen and oxygen atoms in total. The summed E-state index contributed by atoms with van der Waals surface area (Å²) in [6.45, 7) is 6.34. The van der Waals surface area contributed by atoms with Gasteiger partial charge in [-0.15, -0.1) is 10.2 Å². The summed E-state index contributed by atoms with van der Waals surface area (Å²) < 4.78 is 1.89. The lowest BCUT2D eigenvalue weighted by Crippen LogP contribution is -2.22. The molecule has 1 heterocycles. The van der Waals surface area contributed by atoms with Crippen molar-refractivity contribution < 1.29 is 4.79 Å². The summed E-state index contributed by atoms with van der Waals surface area (Å²) in [4.78, 5) is 12.5. The van der Waals surface area contributed by atoms with Crippen molar-refractivity contribution in [1.29, 1.82) is 0 Å². The first-order valence-electron chi connectivity index (χ1n) is 9.26. The van der Waals surface area contributed by atoms with Gasteiger partial charge in [0.2, 0.25) is 5.91 Å². The number of benzene rings is 2. The van der Waals surface area contributed by atoms with Crippen LogP contribution in [0.15, 0.2) is 47.6 Å². The predicted molar refractivity (Wildman–Crippen MR) is 120 cm³/mol. The molecule has 152 valence electrons. The summed E-state index contributed by atoms with van der Waals surface area (Å²) in [7, 11) is 1.89. The average molecular weight is 430 g/mol. The Bertz CT molecular complexity index is 1000. The van der Waals surface area contributed by atoms with Gasteiger partial charge in [0.15, 0.2) is 11.0 Å². The summed E-state index contributed by atoms with van der Waals surface area (Å²) in [5, 5.41) is 15.8. The molecular weight excluding hydrogens is 406 g/mol. The van der Waals surface area contributed by atoms with Gasteiger partial charge in [0.05, 0.1) is 11.8 Å². The fourth-order valence-corrected chi connectivity index (χ4v) is 3.59. The van der Waals surface area contributed by atoms with Gasteiger partial charge < -0.3 is 15.2 Å². The van der Waals surface area contributed by atoms with E-state index in [0.717, 1.165) is 33.3 Å². The molecule has 0 saturated carbocycles. The smallest absolute Gasteiger partial charge is 0.237 e. The third-order valence-electron chi connectivity index (χ3n) is 4.52. The Morgan fingerprint density at radius 1 is 1.14 bits per heavy atom. The summed E-state index contributed by atoms with van der Waals surface area (Å²) in [5.74, 6) is 0.700. The number of nitrogens with zero attached hydrogens (tertiary/aromatic N) is 3. The Morgan fingerprint density at radius 2 is 1.83 bits per heavy atom. The number of aromatic nitrogens is 3. The zero-order valence-electron chi connectivity index (χ0n) is 16.9. The van der Waals surface area contributed by atoms with Crippen LogP contribution in [0.5, 0.6) is 0 Å². The van der Waals surface area contributed by atoms with E-state index in [1.54, 1.807) is 0 Å². The first kappa shape index (κ1) is 21.2. The van der Waals surface area contributed by atoms with Crippen LogP contribution in [0.1, 0.15) is 23.9 Å². The van der Waals surface area contributed by atoms with Crippen molar-refractivity contribution in [2.45, 2.75) is 37.7 Å². The van der Waals surface area contributed by atoms with Gasteiger partial charge in [0.25, 0.3) is 0 Å². The molecule has 0 fully saturated rings. The highest BCUT2D eigenvalue weighted by atomic mass is 35.5. The highest BCUT2D eigenvalue weighted by Gasteiger charge is 2.19. The van der Waals surface area contributed by atoms with E-state index in [0.29, 0.717) is 11.7 Å². The molecule has 3 aromatic rings. The Labute approximate surface area is 180 Å². The zero-order valence-corrected chi connectivity index (χ0v) is 18.4. The van der Waals surface area contributed by atoms with Crippen LogP contribution in [0.25, 0.3) is 0 Å². The van der Waals surface area contributed by atoms with E-state index < -0.39 is 0 Å². The Hall–Kier alpha value is -2.51. The van der Waals surface area contributed by atoms with Gasteiger partial charge in [-0.3, -0.25) is 4.79 Å². The monoisotopic (exact) mass is 429 g/mol. The average Bonchev–Trinajstić information content (AvgIpc) is 3.04. The number of hydrogen-bond donors (Lipinski definition) is 2. The third kappa shape index (κ3) is 5.52. The summed E-state index contributed by atoms with van der Waals surface area (Å²) in [6.07, 6.45) is 0. The van der Waals surface area contributed by atoms with E-state index in [1.165, 1.54) is 11.8 Å². The van der Waals surface area contributed by atoms with E-state index >= 15 is 0 Å². The Kier molecular flexibility index (Phi) is 6.82. The fourth-order valence-electron chi connectivity index (χ4n) is 2.58. The lowest BCUT2D eigenvalue weighted by Gasteiger charge is -2.12. The minimum atomic E-state index is -0.309. The molecule has 8 heteroatoms. The molecule has 1 atom stereocenters. The highest BCUT2D eigenvalue weighted by Crippen LogP contribution is 2.24. The predicted octanol–water partition coefficient (Wildman–Crippen LogP) is 4.82. The maximum Gasteiger partial charge on any atom is 0.237 e. The van der Waals surface area contributed by atoms with Gasteiger partial charge in [-0.2, -0.15) is 0 Å². The first-order valence-corrected chi connectivity index (χ1v) is 10.5. The van der Waals surface area contributed by atoms with Crippen LogP contribution < -0.4 is 10.6 Å². The molecule has 0 aliphatic carbocycles. The van der Waals surface area contributed by atoms with Crippen LogP contribution in [-0.2, 0) is 18.4 Å². The van der Waals surface area contributed by atoms with Crippen molar-refractivity contribution >= 4 is 40.6 Å². The second kappa shape index (κ2) is 9.33. The van der Waals surface area contributed by atoms with E-state index in [-0.39, 0.29) is 11.2 Å². The minimum Gasteiger partial charge on any atom is -0.378 e. The van der Waals surface area contributed by atoms with Crippen LogP contribution >= 0.6 is 23.4 Å². The fraction of sp³-hybridized carbons (Fsp3) is 0.286. The lowest BCUT2D eigenvalue weighted by molar-refractivity contribution is -0.115. The van der Waals surface area contributed by atoms with Gasteiger partial charge in [-0.05, 0) is 50.6 Å². The minimum absolute atomic E-state index is 0.0733. The summed E-state index contributed by atoms with van der Waals surface area (Å²) >= 11 is 7.55. The molecule has 0 radical (unpaired) electrons. The highest BCUT2D eigenvalue weighted by molar-refractivity contribution is 8.00. The number of amides is 1. The lowest BCUT2D eigenvalue weighted by atomic mass is 10.2. The number of carbonyl (C=O) groups excluding carboxylic acids is 1. The van der Waals surface area contributed by atoms with Crippen molar-refractivity contribution in [1.82, 2.24) is 14.8 Å². The van der Waals surface area contributed by atoms with Crippen molar-refractivity contribution in [3.8, 4) is 0 Å². The number of rotatable bonds is 7. The number of aryl methyl sites for hydroxylation is 2. The standard InChI is InChI=1S/C21H24ClN5OS/c1-13-5-8-16(9-6-13)24-20(28)15(3)29-21-26-25-19(27(21)4)12-23-17-10-7-14(2)18(22)11-17/h5-11,15,23H,12H2,1-4H3,(H,24,28)/t15-/m1/s1. The van der Waals surface area contributed by atoms with Gasteiger partial charge in [-0.1, -0.05) is 47.1 Å². The van der Waals surface area contributed by atoms with Gasteiger partial charge in [-0.25, -0.2) is 0 Å². The Morgan fingerprint density at radius 3 is 2.52 bits per heavy atom. The third-order valence-corrected chi connectivity index (χ3v) is 6.06. The van der Waals surface area contributed by atoms with Crippen molar-refractivity contribution in [2.75, 3.05) is 10.6 Å². The molecule has 0 saturated heterocycles. The van der Waals surface area contributed by atoms with E-state index in [1.807, 2.05) is 74.9 Å². The first-order chi connectivity index (χ1) is 13.8. The molecule has 0 aliphatic rings. The number of halogens is 1. The molecule has 3 rings (SSSR count). The van der Waals surface area contributed by atoms with Gasteiger partial charge in [0, 0.05) is 23.4 Å². The largest absolute Gasteiger partial charge is 0.378 e. The number of carbonyl (C=O) groups is 1. The van der Waals surface area contributed by atoms with Crippen molar-refractivity contribution in [3.63, 3.8) is 0 Å². The maximum absolute atomic E-state index is 12.5. The molecule has 0 unspecified atom stereocenters. The van der Waals surface area contributed by atoms with E-state index in [9.17, 15) is 4.79 Å². The second-order valence-corrected chi connectivity index (χ2v) is 8.61. The maximum atomic E-state index is 12.5. The van der Waals surface area contributed by atoms with Gasteiger partial charge >= 0.3 is 0 Å². The van der Waals surface area contributed by atoms with Crippen LogP contribution in [-0.4, -0.2) is 25.9 Å². The number of anilines is 2. The summed E-state index contributed by atoms with van der Waals surface area (Å²) in [5.41, 5.74) is 3.89. The molecule has 2 aromatic carbocycles. The van der Waals surface area contributed by atoms with Crippen LogP contribution in [0.4, 0.5) is 11.4 Å². The summed E-state index contributed by atoms with van der Waals surface area (Å²) in [6, 6.07) is 13.6. The molecule has 1 aromatic heterocycles. The molecule has 0 spiro atoms. The number of thioether (sulfide) groups is 1. The van der Waals surface area contributed by atoms with Crippen molar-refractivity contribution in [2.24, 2.45) is 7.05 Å². The Balaban J connectivity index is 1.58. The molecular formula is C21H24ClN5OS. The second-order valence-electron chi connectivity index (χ2n) is 6.89. The normalized spacial score (nSPS) is 11.9. The van der Waals surface area contributed by atoms with E-state index in [4.69, 9.17) is 11.6 Å². The quantitative estimate of drug-likeness (QED) is 0.527. The molecule has 0 aliphatic heterocycles. The number of hydrogen-bond acceptors (Lipinski definition) is 5. The topological polar surface area (TPSA) is 71.8 Å². The molecule has 1 amide bonds. The molecule has 29 heavy (non-hydrogen) atoms. The van der Waals surface area contributed by atoms with Crippen LogP contribution in [0, 0.1) is 13.8 Å². The van der Waals surface area contributed by atoms with E-state index in [2.05, 4.69) is 20.8 Å².